The van der Waals surface area contributed by atoms with Gasteiger partial charge in [-0.15, -0.1) is 0 Å². The summed E-state index contributed by atoms with van der Waals surface area (Å²) in [4.78, 5) is 0. The van der Waals surface area contributed by atoms with E-state index in [2.05, 4.69) is 0 Å². The topological polar surface area (TPSA) is 49.7 Å². The van der Waals surface area contributed by atoms with Gasteiger partial charge in [-0.2, -0.15) is 0 Å². The molecule has 14 heavy (non-hydrogen) atoms. The monoisotopic (exact) mass is 194 g/mol. The maximum Gasteiger partial charge on any atom is 0.129 e. The Morgan fingerprint density at radius 2 is 2.14 bits per heavy atom. The zero-order valence-corrected chi connectivity index (χ0v) is 8.32. The third-order valence-electron chi connectivity index (χ3n) is 2.64. The fourth-order valence-electron chi connectivity index (χ4n) is 1.61. The first-order valence-electron chi connectivity index (χ1n) is 4.68. The first-order valence-corrected chi connectivity index (χ1v) is 4.68. The summed E-state index contributed by atoms with van der Waals surface area (Å²) in [6, 6.07) is 4.97. The first-order chi connectivity index (χ1) is 6.49. The average molecular weight is 194 g/mol. The summed E-state index contributed by atoms with van der Waals surface area (Å²) in [5.41, 5.74) is 0.357. The van der Waals surface area contributed by atoms with E-state index in [0.717, 1.165) is 5.56 Å². The highest BCUT2D eigenvalue weighted by Gasteiger charge is 2.35. The number of hydrogen-bond donors (Lipinski definition) is 2. The van der Waals surface area contributed by atoms with Gasteiger partial charge in [-0.25, -0.2) is 0 Å². The highest BCUT2D eigenvalue weighted by Crippen LogP contribution is 2.35. The number of hydrogen-bond acceptors (Lipinski definition) is 3. The summed E-state index contributed by atoms with van der Waals surface area (Å²) >= 11 is 0. The minimum absolute atomic E-state index is 0.191. The van der Waals surface area contributed by atoms with Gasteiger partial charge in [-0.05, 0) is 25.5 Å². The van der Waals surface area contributed by atoms with Crippen molar-refractivity contribution in [3.63, 3.8) is 0 Å². The number of fused-ring (bicyclic) bond motifs is 1. The molecule has 0 amide bonds. The Hall–Kier alpha value is -1.22. The summed E-state index contributed by atoms with van der Waals surface area (Å²) < 4.78 is 5.60. The second-order valence-electron chi connectivity index (χ2n) is 4.22. The SMILES string of the molecule is CC1(C)Oc2cc(O)ccc2CC1O. The molecule has 1 aromatic rings. The predicted molar refractivity (Wildman–Crippen MR) is 52.5 cm³/mol. The van der Waals surface area contributed by atoms with Gasteiger partial charge in [0.25, 0.3) is 0 Å². The van der Waals surface area contributed by atoms with E-state index in [-0.39, 0.29) is 5.75 Å². The van der Waals surface area contributed by atoms with Crippen molar-refractivity contribution in [3.05, 3.63) is 23.8 Å². The second kappa shape index (κ2) is 2.89. The Morgan fingerprint density at radius 1 is 1.43 bits per heavy atom. The molecule has 2 N–H and O–H groups in total. The summed E-state index contributed by atoms with van der Waals surface area (Å²) in [6.07, 6.45) is 0.0716. The number of rotatable bonds is 0. The molecule has 0 aromatic heterocycles. The van der Waals surface area contributed by atoms with Crippen molar-refractivity contribution in [1.82, 2.24) is 0 Å². The van der Waals surface area contributed by atoms with Crippen molar-refractivity contribution >= 4 is 0 Å². The molecule has 0 bridgehead atoms. The number of aromatic hydroxyl groups is 1. The Bertz CT molecular complexity index is 358. The molecule has 1 atom stereocenters. The fourth-order valence-corrected chi connectivity index (χ4v) is 1.61. The van der Waals surface area contributed by atoms with Crippen molar-refractivity contribution in [3.8, 4) is 11.5 Å². The molecule has 0 radical (unpaired) electrons. The van der Waals surface area contributed by atoms with E-state index < -0.39 is 11.7 Å². The fraction of sp³-hybridized carbons (Fsp3) is 0.455. The molecule has 0 fully saturated rings. The number of aliphatic hydroxyl groups is 1. The van der Waals surface area contributed by atoms with Crippen LogP contribution in [-0.4, -0.2) is 21.9 Å². The molecule has 2 rings (SSSR count). The lowest BCUT2D eigenvalue weighted by Crippen LogP contribution is -2.46. The van der Waals surface area contributed by atoms with Gasteiger partial charge in [-0.3, -0.25) is 0 Å². The molecule has 76 valence electrons. The van der Waals surface area contributed by atoms with Crippen molar-refractivity contribution in [2.45, 2.75) is 32.0 Å². The van der Waals surface area contributed by atoms with Crippen LogP contribution in [0.15, 0.2) is 18.2 Å². The zero-order valence-electron chi connectivity index (χ0n) is 8.32. The first kappa shape index (κ1) is 9.34. The summed E-state index contributed by atoms with van der Waals surface area (Å²) in [6.45, 7) is 3.68. The van der Waals surface area contributed by atoms with Gasteiger partial charge in [0.2, 0.25) is 0 Å². The Morgan fingerprint density at radius 3 is 2.86 bits per heavy atom. The maximum absolute atomic E-state index is 9.77. The molecular weight excluding hydrogens is 180 g/mol. The highest BCUT2D eigenvalue weighted by atomic mass is 16.5. The average Bonchev–Trinajstić information content (AvgIpc) is 2.07. The van der Waals surface area contributed by atoms with Gasteiger partial charge in [0.1, 0.15) is 17.1 Å². The van der Waals surface area contributed by atoms with E-state index in [1.807, 2.05) is 13.8 Å². The largest absolute Gasteiger partial charge is 0.508 e. The van der Waals surface area contributed by atoms with Crippen LogP contribution in [-0.2, 0) is 6.42 Å². The zero-order chi connectivity index (χ0) is 10.3. The molecule has 1 aliphatic heterocycles. The van der Waals surface area contributed by atoms with Gasteiger partial charge in [0.05, 0.1) is 6.10 Å². The van der Waals surface area contributed by atoms with Crippen LogP contribution >= 0.6 is 0 Å². The van der Waals surface area contributed by atoms with E-state index in [1.165, 1.54) is 0 Å². The van der Waals surface area contributed by atoms with Crippen LogP contribution in [0.1, 0.15) is 19.4 Å². The van der Waals surface area contributed by atoms with E-state index in [9.17, 15) is 10.2 Å². The van der Waals surface area contributed by atoms with Crippen LogP contribution < -0.4 is 4.74 Å². The Kier molecular flexibility index (Phi) is 1.93. The standard InChI is InChI=1S/C11H14O3/c1-11(2)10(13)5-7-3-4-8(12)6-9(7)14-11/h3-4,6,10,12-13H,5H2,1-2H3. The van der Waals surface area contributed by atoms with Crippen LogP contribution in [0.4, 0.5) is 0 Å². The normalized spacial score (nSPS) is 23.8. The quantitative estimate of drug-likeness (QED) is 0.657. The molecule has 0 saturated heterocycles. The molecule has 3 nitrogen and oxygen atoms in total. The minimum Gasteiger partial charge on any atom is -0.508 e. The van der Waals surface area contributed by atoms with Crippen LogP contribution in [0.5, 0.6) is 11.5 Å². The molecule has 0 spiro atoms. The number of phenolic OH excluding ortho intramolecular Hbond substituents is 1. The van der Waals surface area contributed by atoms with E-state index in [1.54, 1.807) is 18.2 Å². The van der Waals surface area contributed by atoms with Gasteiger partial charge >= 0.3 is 0 Å². The van der Waals surface area contributed by atoms with Gasteiger partial charge in [0, 0.05) is 12.5 Å². The molecule has 3 heteroatoms. The lowest BCUT2D eigenvalue weighted by molar-refractivity contribution is -0.0412. The molecule has 1 heterocycles. The highest BCUT2D eigenvalue weighted by molar-refractivity contribution is 5.42. The van der Waals surface area contributed by atoms with E-state index >= 15 is 0 Å². The van der Waals surface area contributed by atoms with Crippen molar-refractivity contribution in [2.75, 3.05) is 0 Å². The summed E-state index contributed by atoms with van der Waals surface area (Å²) in [5.74, 6) is 0.858. The van der Waals surface area contributed by atoms with Crippen molar-refractivity contribution < 1.29 is 14.9 Å². The smallest absolute Gasteiger partial charge is 0.129 e. The van der Waals surface area contributed by atoms with Crippen LogP contribution in [0.2, 0.25) is 0 Å². The molecule has 0 saturated carbocycles. The molecule has 1 aliphatic rings. The van der Waals surface area contributed by atoms with Crippen molar-refractivity contribution in [1.29, 1.82) is 0 Å². The molecule has 0 aliphatic carbocycles. The summed E-state index contributed by atoms with van der Waals surface area (Å²) in [5, 5.41) is 19.0. The maximum atomic E-state index is 9.77. The number of benzene rings is 1. The lowest BCUT2D eigenvalue weighted by Gasteiger charge is -2.36. The van der Waals surface area contributed by atoms with Crippen molar-refractivity contribution in [2.24, 2.45) is 0 Å². The number of aliphatic hydroxyl groups excluding tert-OH is 1. The van der Waals surface area contributed by atoms with E-state index in [0.29, 0.717) is 12.2 Å². The van der Waals surface area contributed by atoms with Crippen LogP contribution in [0.25, 0.3) is 0 Å². The Labute approximate surface area is 83.0 Å². The molecule has 1 aromatic carbocycles. The number of ether oxygens (including phenoxy) is 1. The Balaban J connectivity index is 2.41. The third kappa shape index (κ3) is 1.44. The van der Waals surface area contributed by atoms with Crippen LogP contribution in [0, 0.1) is 0 Å². The minimum atomic E-state index is -0.583. The van der Waals surface area contributed by atoms with Gasteiger partial charge in [0.15, 0.2) is 0 Å². The second-order valence-corrected chi connectivity index (χ2v) is 4.22. The summed E-state index contributed by atoms with van der Waals surface area (Å²) in [7, 11) is 0. The molecular formula is C11H14O3. The lowest BCUT2D eigenvalue weighted by atomic mass is 9.91. The molecule has 1 unspecified atom stereocenters. The van der Waals surface area contributed by atoms with E-state index in [4.69, 9.17) is 4.74 Å². The predicted octanol–water partition coefficient (Wildman–Crippen LogP) is 1.47. The van der Waals surface area contributed by atoms with Crippen LogP contribution in [0.3, 0.4) is 0 Å². The van der Waals surface area contributed by atoms with Gasteiger partial charge in [-0.1, -0.05) is 6.07 Å². The van der Waals surface area contributed by atoms with Gasteiger partial charge < -0.3 is 14.9 Å². The third-order valence-corrected chi connectivity index (χ3v) is 2.64. The number of phenols is 1.